The molecule has 0 radical (unpaired) electrons. The summed E-state index contributed by atoms with van der Waals surface area (Å²) in [4.78, 5) is 11.8. The summed E-state index contributed by atoms with van der Waals surface area (Å²) in [6.07, 6.45) is 2.20. The van der Waals surface area contributed by atoms with E-state index in [2.05, 4.69) is 10.6 Å². The lowest BCUT2D eigenvalue weighted by atomic mass is 10.1. The molecule has 0 saturated carbocycles. The lowest BCUT2D eigenvalue weighted by Crippen LogP contribution is -2.34. The van der Waals surface area contributed by atoms with Gasteiger partial charge in [0.05, 0.1) is 12.8 Å². The number of benzene rings is 1. The van der Waals surface area contributed by atoms with Gasteiger partial charge in [-0.1, -0.05) is 13.3 Å². The number of ether oxygens (including phenoxy) is 1. The van der Waals surface area contributed by atoms with Gasteiger partial charge in [-0.25, -0.2) is 0 Å². The van der Waals surface area contributed by atoms with Crippen molar-refractivity contribution in [2.45, 2.75) is 32.8 Å². The maximum Gasteiger partial charge on any atom is 0.226 e. The van der Waals surface area contributed by atoms with Gasteiger partial charge in [-0.3, -0.25) is 4.79 Å². The van der Waals surface area contributed by atoms with Gasteiger partial charge in [-0.05, 0) is 49.0 Å². The summed E-state index contributed by atoms with van der Waals surface area (Å²) in [6.45, 7) is 1.87. The van der Waals surface area contributed by atoms with Gasteiger partial charge in [-0.2, -0.15) is 0 Å². The molecule has 0 fully saturated rings. The fourth-order valence-electron chi connectivity index (χ4n) is 2.26. The van der Waals surface area contributed by atoms with E-state index in [1.165, 1.54) is 0 Å². The quantitative estimate of drug-likeness (QED) is 0.654. The van der Waals surface area contributed by atoms with Crippen molar-refractivity contribution in [3.05, 3.63) is 36.1 Å². The van der Waals surface area contributed by atoms with Gasteiger partial charge in [0.1, 0.15) is 23.9 Å². The molecular formula is C18H22N2O4S. The zero-order valence-electron chi connectivity index (χ0n) is 14.3. The van der Waals surface area contributed by atoms with Gasteiger partial charge in [0.15, 0.2) is 5.11 Å². The molecule has 2 aromatic rings. The molecule has 1 heterocycles. The first-order chi connectivity index (χ1) is 12.1. The molecule has 7 heteroatoms. The largest absolute Gasteiger partial charge is 0.495 e. The minimum Gasteiger partial charge on any atom is -0.495 e. The van der Waals surface area contributed by atoms with E-state index < -0.39 is 0 Å². The van der Waals surface area contributed by atoms with E-state index in [1.807, 2.05) is 19.1 Å². The second-order valence-electron chi connectivity index (χ2n) is 5.44. The Bertz CT molecular complexity index is 742. The van der Waals surface area contributed by atoms with Crippen LogP contribution in [0.5, 0.6) is 5.75 Å². The Hall–Kier alpha value is -2.38. The molecule has 6 nitrogen and oxygen atoms in total. The zero-order chi connectivity index (χ0) is 18.2. The van der Waals surface area contributed by atoms with Crippen molar-refractivity contribution in [3.63, 3.8) is 0 Å². The number of methoxy groups -OCH3 is 1. The summed E-state index contributed by atoms with van der Waals surface area (Å²) in [5.41, 5.74) is 1.41. The molecule has 0 bridgehead atoms. The summed E-state index contributed by atoms with van der Waals surface area (Å²) in [6, 6.07) is 8.92. The van der Waals surface area contributed by atoms with Gasteiger partial charge in [0, 0.05) is 12.0 Å². The van der Waals surface area contributed by atoms with Crippen LogP contribution >= 0.6 is 12.2 Å². The average Bonchev–Trinajstić information content (AvgIpc) is 3.09. The predicted molar refractivity (Wildman–Crippen MR) is 101 cm³/mol. The number of rotatable bonds is 7. The van der Waals surface area contributed by atoms with Crippen LogP contribution in [0.4, 0.5) is 5.69 Å². The van der Waals surface area contributed by atoms with Crippen LogP contribution in [0.3, 0.4) is 0 Å². The lowest BCUT2D eigenvalue weighted by molar-refractivity contribution is -0.119. The van der Waals surface area contributed by atoms with Gasteiger partial charge in [0.25, 0.3) is 0 Å². The smallest absolute Gasteiger partial charge is 0.226 e. The molecule has 0 aliphatic carbocycles. The minimum atomic E-state index is -0.158. The van der Waals surface area contributed by atoms with Crippen molar-refractivity contribution >= 4 is 28.9 Å². The normalized spacial score (nSPS) is 10.4. The van der Waals surface area contributed by atoms with Crippen molar-refractivity contribution in [2.24, 2.45) is 0 Å². The number of nitrogens with one attached hydrogen (secondary N) is 2. The number of furan rings is 1. The van der Waals surface area contributed by atoms with Crippen LogP contribution in [0, 0.1) is 0 Å². The molecule has 1 aromatic carbocycles. The van der Waals surface area contributed by atoms with E-state index in [-0.39, 0.29) is 17.6 Å². The molecule has 2 rings (SSSR count). The van der Waals surface area contributed by atoms with Crippen LogP contribution in [0.1, 0.15) is 31.9 Å². The number of hydrogen-bond donors (Lipinski definition) is 3. The highest BCUT2D eigenvalue weighted by Crippen LogP contribution is 2.31. The van der Waals surface area contributed by atoms with Crippen molar-refractivity contribution < 1.29 is 19.1 Å². The number of hydrogen-bond acceptors (Lipinski definition) is 5. The number of aliphatic hydroxyl groups is 1. The second kappa shape index (κ2) is 9.19. The molecular weight excluding hydrogens is 340 g/mol. The Balaban J connectivity index is 2.14. The van der Waals surface area contributed by atoms with Crippen LogP contribution in [0.25, 0.3) is 11.3 Å². The highest BCUT2D eigenvalue weighted by Gasteiger charge is 2.11. The first kappa shape index (κ1) is 19.0. The lowest BCUT2D eigenvalue weighted by Gasteiger charge is -2.13. The number of unbranched alkanes of at least 4 members (excludes halogenated alkanes) is 1. The van der Waals surface area contributed by atoms with Crippen LogP contribution < -0.4 is 15.4 Å². The third-order valence-electron chi connectivity index (χ3n) is 3.56. The molecule has 134 valence electrons. The molecule has 1 amide bonds. The molecule has 3 N–H and O–H groups in total. The van der Waals surface area contributed by atoms with E-state index in [9.17, 15) is 4.79 Å². The number of carbonyl (C=O) groups excluding carboxylic acids is 1. The third kappa shape index (κ3) is 5.30. The van der Waals surface area contributed by atoms with Gasteiger partial charge in [-0.15, -0.1) is 0 Å². The molecule has 0 aliphatic heterocycles. The molecule has 25 heavy (non-hydrogen) atoms. The van der Waals surface area contributed by atoms with Gasteiger partial charge in [0.2, 0.25) is 5.91 Å². The fraction of sp³-hybridized carbons (Fsp3) is 0.333. The molecule has 0 unspecified atom stereocenters. The maximum absolute atomic E-state index is 11.8. The maximum atomic E-state index is 11.8. The summed E-state index contributed by atoms with van der Waals surface area (Å²) in [7, 11) is 1.56. The number of aliphatic hydroxyl groups excluding tert-OH is 1. The minimum absolute atomic E-state index is 0.118. The number of thiocarbonyl (C=S) groups is 1. The summed E-state index contributed by atoms with van der Waals surface area (Å²) in [5.74, 6) is 1.57. The van der Waals surface area contributed by atoms with Crippen LogP contribution in [-0.2, 0) is 11.4 Å². The first-order valence-corrected chi connectivity index (χ1v) is 8.47. The van der Waals surface area contributed by atoms with E-state index in [4.69, 9.17) is 26.5 Å². The molecule has 0 atom stereocenters. The van der Waals surface area contributed by atoms with Crippen molar-refractivity contribution in [1.29, 1.82) is 0 Å². The molecule has 0 aliphatic rings. The SMILES string of the molecule is CCCCC(=O)NC(=S)Nc1cc(-c2ccc(CO)o2)ccc1OC. The van der Waals surface area contributed by atoms with Crippen molar-refractivity contribution in [1.82, 2.24) is 5.32 Å². The molecule has 1 aromatic heterocycles. The highest BCUT2D eigenvalue weighted by molar-refractivity contribution is 7.80. The fourth-order valence-corrected chi connectivity index (χ4v) is 2.48. The van der Waals surface area contributed by atoms with Crippen molar-refractivity contribution in [2.75, 3.05) is 12.4 Å². The topological polar surface area (TPSA) is 83.7 Å². The van der Waals surface area contributed by atoms with Gasteiger partial charge >= 0.3 is 0 Å². The highest BCUT2D eigenvalue weighted by atomic mass is 32.1. The zero-order valence-corrected chi connectivity index (χ0v) is 15.1. The Morgan fingerprint density at radius 1 is 1.32 bits per heavy atom. The van der Waals surface area contributed by atoms with Crippen LogP contribution in [-0.4, -0.2) is 23.2 Å². The first-order valence-electron chi connectivity index (χ1n) is 8.06. The Morgan fingerprint density at radius 3 is 2.76 bits per heavy atom. The summed E-state index contributed by atoms with van der Waals surface area (Å²) in [5, 5.41) is 15.0. The number of amides is 1. The number of anilines is 1. The standard InChI is InChI=1S/C18H22N2O4S/c1-3-4-5-17(22)20-18(25)19-14-10-12(6-8-16(14)23-2)15-9-7-13(11-21)24-15/h6-10,21H,3-5,11H2,1-2H3,(H2,19,20,22,25). The van der Waals surface area contributed by atoms with Crippen LogP contribution in [0.15, 0.2) is 34.7 Å². The average molecular weight is 362 g/mol. The van der Waals surface area contributed by atoms with E-state index in [0.717, 1.165) is 18.4 Å². The van der Waals surface area contributed by atoms with Crippen LogP contribution in [0.2, 0.25) is 0 Å². The number of carbonyl (C=O) groups is 1. The summed E-state index contributed by atoms with van der Waals surface area (Å²) >= 11 is 5.20. The molecule has 0 saturated heterocycles. The van der Waals surface area contributed by atoms with E-state index in [0.29, 0.717) is 29.4 Å². The van der Waals surface area contributed by atoms with E-state index in [1.54, 1.807) is 25.3 Å². The Kier molecular flexibility index (Phi) is 6.97. The van der Waals surface area contributed by atoms with E-state index >= 15 is 0 Å². The van der Waals surface area contributed by atoms with Crippen molar-refractivity contribution in [3.8, 4) is 17.1 Å². The monoisotopic (exact) mass is 362 g/mol. The second-order valence-corrected chi connectivity index (χ2v) is 5.85. The molecule has 0 spiro atoms. The Morgan fingerprint density at radius 2 is 2.12 bits per heavy atom. The van der Waals surface area contributed by atoms with Gasteiger partial charge < -0.3 is 24.9 Å². The predicted octanol–water partition coefficient (Wildman–Crippen LogP) is 3.45. The Labute approximate surface area is 152 Å². The summed E-state index contributed by atoms with van der Waals surface area (Å²) < 4.78 is 10.9. The third-order valence-corrected chi connectivity index (χ3v) is 3.76.